The molecule has 3 amide bonds. The highest BCUT2D eigenvalue weighted by Gasteiger charge is 2.46. The molecule has 0 spiro atoms. The van der Waals surface area contributed by atoms with Crippen LogP contribution in [-0.4, -0.2) is 48.3 Å². The number of hydrogen-bond acceptors (Lipinski definition) is 7. The number of carboxylic acids is 1. The minimum Gasteiger partial charge on any atom is -0.481 e. The first-order chi connectivity index (χ1) is 18.8. The normalized spacial score (nSPS) is 16.4. The number of benzene rings is 3. The number of hydrogen-bond donors (Lipinski definition) is 4. The van der Waals surface area contributed by atoms with E-state index in [4.69, 9.17) is 10.9 Å². The van der Waals surface area contributed by atoms with Gasteiger partial charge in [-0.25, -0.2) is 13.6 Å². The second-order valence-corrected chi connectivity index (χ2v) is 11.5. The van der Waals surface area contributed by atoms with Crippen molar-refractivity contribution in [3.63, 3.8) is 0 Å². The Morgan fingerprint density at radius 2 is 1.55 bits per heavy atom. The Kier molecular flexibility index (Phi) is 8.05. The first kappa shape index (κ1) is 28.9. The van der Waals surface area contributed by atoms with E-state index in [1.807, 2.05) is 24.3 Å². The van der Waals surface area contributed by atoms with Crippen LogP contribution in [0.4, 0.5) is 5.69 Å². The van der Waals surface area contributed by atoms with Crippen molar-refractivity contribution in [2.75, 3.05) is 5.32 Å². The zero-order valence-corrected chi connectivity index (χ0v) is 22.7. The number of imide groups is 1. The Balaban J connectivity index is 1.62. The summed E-state index contributed by atoms with van der Waals surface area (Å²) in [5.41, 5.74) is 6.88. The van der Waals surface area contributed by atoms with E-state index >= 15 is 0 Å². The molecular formula is C28H30N4O7S. The van der Waals surface area contributed by atoms with Crippen molar-refractivity contribution in [2.24, 2.45) is 28.6 Å². The molecule has 0 fully saturated rings. The Bertz CT molecular complexity index is 1570. The van der Waals surface area contributed by atoms with Crippen LogP contribution in [0.5, 0.6) is 0 Å². The summed E-state index contributed by atoms with van der Waals surface area (Å²) in [5.74, 6) is -6.77. The topological polar surface area (TPSA) is 190 Å². The molecule has 1 heterocycles. The summed E-state index contributed by atoms with van der Waals surface area (Å²) < 4.78 is 23.4. The number of aliphatic carboxylic acids is 1. The zero-order chi connectivity index (χ0) is 29.4. The highest BCUT2D eigenvalue weighted by atomic mass is 32.2. The van der Waals surface area contributed by atoms with Crippen LogP contribution >= 0.6 is 0 Å². The Hall–Kier alpha value is -4.13. The monoisotopic (exact) mass is 566 g/mol. The molecule has 0 saturated carbocycles. The second-order valence-electron chi connectivity index (χ2n) is 9.90. The number of anilines is 1. The summed E-state index contributed by atoms with van der Waals surface area (Å²) in [6.07, 6.45) is -0.738. The number of carbonyl (C=O) groups excluding carboxylic acids is 3. The number of primary sulfonamides is 1. The number of nitrogens with one attached hydrogen (secondary N) is 1. The molecule has 0 aliphatic carbocycles. The van der Waals surface area contributed by atoms with Crippen molar-refractivity contribution in [1.29, 1.82) is 0 Å². The van der Waals surface area contributed by atoms with E-state index in [0.29, 0.717) is 6.42 Å². The summed E-state index contributed by atoms with van der Waals surface area (Å²) in [6, 6.07) is 15.7. The molecule has 6 N–H and O–H groups in total. The number of amides is 3. The Morgan fingerprint density at radius 1 is 0.975 bits per heavy atom. The molecule has 0 radical (unpaired) electrons. The van der Waals surface area contributed by atoms with Crippen LogP contribution in [0.25, 0.3) is 10.8 Å². The van der Waals surface area contributed by atoms with Gasteiger partial charge in [-0.3, -0.25) is 24.1 Å². The fourth-order valence-electron chi connectivity index (χ4n) is 5.20. The van der Waals surface area contributed by atoms with Gasteiger partial charge in [0.15, 0.2) is 0 Å². The maximum absolute atomic E-state index is 13.4. The van der Waals surface area contributed by atoms with E-state index in [-0.39, 0.29) is 28.1 Å². The zero-order valence-electron chi connectivity index (χ0n) is 21.9. The Labute approximate surface area is 231 Å². The molecule has 1 aliphatic heterocycles. The predicted molar refractivity (Wildman–Crippen MR) is 148 cm³/mol. The van der Waals surface area contributed by atoms with Gasteiger partial charge in [-0.05, 0) is 47.5 Å². The lowest BCUT2D eigenvalue weighted by Gasteiger charge is -2.34. The summed E-state index contributed by atoms with van der Waals surface area (Å²) in [5, 5.41) is 19.5. The summed E-state index contributed by atoms with van der Waals surface area (Å²) in [6.45, 7) is 3.27. The summed E-state index contributed by atoms with van der Waals surface area (Å²) in [4.78, 5) is 53.2. The molecule has 210 valence electrons. The third-order valence-electron chi connectivity index (χ3n) is 7.27. The van der Waals surface area contributed by atoms with Gasteiger partial charge in [-0.1, -0.05) is 50.6 Å². The van der Waals surface area contributed by atoms with E-state index in [1.165, 1.54) is 31.2 Å². The molecule has 12 heteroatoms. The van der Waals surface area contributed by atoms with E-state index in [9.17, 15) is 32.7 Å². The SMILES string of the molecule is CCC[C@H](C(=O)Nc1cccc(S(N)(=O)=O)c1)[C@H](C(=O)O)C(C)C(N)N1C(=O)c2cc3ccccc3cc2C1=O. The van der Waals surface area contributed by atoms with E-state index in [1.54, 1.807) is 19.1 Å². The number of rotatable bonds is 10. The molecule has 2 unspecified atom stereocenters. The molecule has 40 heavy (non-hydrogen) atoms. The van der Waals surface area contributed by atoms with Crippen LogP contribution < -0.4 is 16.2 Å². The van der Waals surface area contributed by atoms with Crippen molar-refractivity contribution in [1.82, 2.24) is 4.90 Å². The van der Waals surface area contributed by atoms with Gasteiger partial charge in [0.25, 0.3) is 11.8 Å². The third kappa shape index (κ3) is 5.46. The van der Waals surface area contributed by atoms with Crippen molar-refractivity contribution >= 4 is 50.2 Å². The molecule has 0 saturated heterocycles. The molecule has 3 aromatic carbocycles. The van der Waals surface area contributed by atoms with Crippen molar-refractivity contribution in [3.8, 4) is 0 Å². The van der Waals surface area contributed by atoms with E-state index in [0.717, 1.165) is 15.7 Å². The first-order valence-corrected chi connectivity index (χ1v) is 14.2. The lowest BCUT2D eigenvalue weighted by Crippen LogP contribution is -2.54. The van der Waals surface area contributed by atoms with Crippen molar-refractivity contribution in [3.05, 3.63) is 71.8 Å². The molecular weight excluding hydrogens is 536 g/mol. The van der Waals surface area contributed by atoms with Gasteiger partial charge in [0.2, 0.25) is 15.9 Å². The number of fused-ring (bicyclic) bond motifs is 2. The number of carboxylic acid groups (broad SMARTS) is 1. The highest BCUT2D eigenvalue weighted by Crippen LogP contribution is 2.34. The number of sulfonamides is 1. The molecule has 11 nitrogen and oxygen atoms in total. The van der Waals surface area contributed by atoms with Gasteiger partial charge in [-0.15, -0.1) is 0 Å². The number of nitrogens with zero attached hydrogens (tertiary/aromatic N) is 1. The highest BCUT2D eigenvalue weighted by molar-refractivity contribution is 7.89. The van der Waals surface area contributed by atoms with Gasteiger partial charge in [-0.2, -0.15) is 0 Å². The van der Waals surface area contributed by atoms with Gasteiger partial charge < -0.3 is 16.2 Å². The summed E-state index contributed by atoms with van der Waals surface area (Å²) in [7, 11) is -4.03. The maximum Gasteiger partial charge on any atom is 0.307 e. The molecule has 4 rings (SSSR count). The fraction of sp³-hybridized carbons (Fsp3) is 0.286. The maximum atomic E-state index is 13.4. The Morgan fingerprint density at radius 3 is 2.05 bits per heavy atom. The lowest BCUT2D eigenvalue weighted by atomic mass is 9.77. The molecule has 1 aliphatic rings. The van der Waals surface area contributed by atoms with Crippen LogP contribution in [-0.2, 0) is 19.6 Å². The molecule has 4 atom stereocenters. The van der Waals surface area contributed by atoms with Crippen LogP contribution in [0, 0.1) is 17.8 Å². The summed E-state index contributed by atoms with van der Waals surface area (Å²) >= 11 is 0. The van der Waals surface area contributed by atoms with Gasteiger partial charge in [0.05, 0.1) is 34.0 Å². The standard InChI is InChI=1S/C28H30N4O7S/c1-3-7-20(25(33)31-18-10-6-11-19(14-18)40(30,38)39)23(28(36)37)15(2)24(29)32-26(34)21-12-16-8-4-5-9-17(16)13-22(21)27(32)35/h4-6,8-15,20,23-24H,3,7,29H2,1-2H3,(H,31,33)(H,36,37)(H2,30,38,39)/t15?,20-,23+,24?/m0/s1. The predicted octanol–water partition coefficient (Wildman–Crippen LogP) is 2.76. The first-order valence-electron chi connectivity index (χ1n) is 12.7. The van der Waals surface area contributed by atoms with Crippen molar-refractivity contribution < 1.29 is 32.7 Å². The number of carbonyl (C=O) groups is 4. The smallest absolute Gasteiger partial charge is 0.307 e. The molecule has 0 aromatic heterocycles. The second kappa shape index (κ2) is 11.2. The van der Waals surface area contributed by atoms with Crippen LogP contribution in [0.2, 0.25) is 0 Å². The van der Waals surface area contributed by atoms with Crippen molar-refractivity contribution in [2.45, 2.75) is 37.8 Å². The number of nitrogens with two attached hydrogens (primary N) is 2. The average Bonchev–Trinajstić information content (AvgIpc) is 3.14. The quantitative estimate of drug-likeness (QED) is 0.269. The van der Waals surface area contributed by atoms with Gasteiger partial charge in [0.1, 0.15) is 0 Å². The largest absolute Gasteiger partial charge is 0.481 e. The van der Waals surface area contributed by atoms with Gasteiger partial charge in [0, 0.05) is 11.6 Å². The molecule has 0 bridgehead atoms. The minimum atomic E-state index is -4.03. The minimum absolute atomic E-state index is 0.117. The van der Waals surface area contributed by atoms with E-state index < -0.39 is 57.6 Å². The fourth-order valence-corrected chi connectivity index (χ4v) is 5.76. The van der Waals surface area contributed by atoms with Gasteiger partial charge >= 0.3 is 5.97 Å². The lowest BCUT2D eigenvalue weighted by molar-refractivity contribution is -0.149. The average molecular weight is 567 g/mol. The van der Waals surface area contributed by atoms with Crippen LogP contribution in [0.1, 0.15) is 47.4 Å². The molecule has 3 aromatic rings. The van der Waals surface area contributed by atoms with Crippen LogP contribution in [0.3, 0.4) is 0 Å². The third-order valence-corrected chi connectivity index (χ3v) is 8.18. The van der Waals surface area contributed by atoms with Crippen LogP contribution in [0.15, 0.2) is 65.6 Å². The van der Waals surface area contributed by atoms with E-state index in [2.05, 4.69) is 5.32 Å².